The Morgan fingerprint density at radius 1 is 0.750 bits per heavy atom. The van der Waals surface area contributed by atoms with Gasteiger partial charge >= 0.3 is 0 Å². The lowest BCUT2D eigenvalue weighted by Crippen LogP contribution is -2.06. The topological polar surface area (TPSA) is 41.1 Å². The van der Waals surface area contributed by atoms with E-state index in [9.17, 15) is 4.79 Å². The molecule has 0 atom stereocenters. The first-order chi connectivity index (χ1) is 9.81. The second-order valence-corrected chi connectivity index (χ2v) is 4.50. The number of carbonyl (C=O) groups is 1. The van der Waals surface area contributed by atoms with Gasteiger partial charge in [0.05, 0.1) is 11.4 Å². The Labute approximate surface area is 117 Å². The summed E-state index contributed by atoms with van der Waals surface area (Å²) in [5.74, 6) is -0.129. The lowest BCUT2D eigenvalue weighted by Gasteiger charge is -2.08. The smallest absolute Gasteiger partial charge is 0.250 e. The van der Waals surface area contributed by atoms with Crippen molar-refractivity contribution in [1.82, 2.24) is 0 Å². The van der Waals surface area contributed by atoms with E-state index in [2.05, 4.69) is 10.6 Å². The number of carbonyl (C=O) groups excluding carboxylic acids is 1. The monoisotopic (exact) mass is 262 g/mol. The van der Waals surface area contributed by atoms with Crippen molar-refractivity contribution in [2.75, 3.05) is 10.6 Å². The molecule has 2 aromatic carbocycles. The molecule has 0 fully saturated rings. The minimum atomic E-state index is -0.129. The summed E-state index contributed by atoms with van der Waals surface area (Å²) in [6.07, 6.45) is 5.43. The van der Waals surface area contributed by atoms with Gasteiger partial charge in [-0.1, -0.05) is 48.5 Å². The second-order valence-electron chi connectivity index (χ2n) is 4.50. The van der Waals surface area contributed by atoms with Crippen LogP contribution < -0.4 is 10.6 Å². The standard InChI is InChI=1S/C17H14N2O/c20-17-12-14(11-10-13-6-2-1-3-7-13)18-15-8-4-5-9-16(15)19-17/h1-12,18H,(H,19,20). The molecule has 3 rings (SSSR count). The van der Waals surface area contributed by atoms with E-state index in [1.807, 2.05) is 66.7 Å². The van der Waals surface area contributed by atoms with Crippen molar-refractivity contribution < 1.29 is 4.79 Å². The number of fused-ring (bicyclic) bond motifs is 1. The third-order valence-electron chi connectivity index (χ3n) is 3.01. The predicted octanol–water partition coefficient (Wildman–Crippen LogP) is 3.65. The number of rotatable bonds is 2. The van der Waals surface area contributed by atoms with Crippen LogP contribution in [0.5, 0.6) is 0 Å². The Morgan fingerprint density at radius 3 is 2.15 bits per heavy atom. The first-order valence-electron chi connectivity index (χ1n) is 6.43. The molecular formula is C17H14N2O. The summed E-state index contributed by atoms with van der Waals surface area (Å²) >= 11 is 0. The van der Waals surface area contributed by atoms with Crippen LogP contribution in [-0.4, -0.2) is 5.91 Å². The summed E-state index contributed by atoms with van der Waals surface area (Å²) in [4.78, 5) is 11.8. The molecule has 1 heterocycles. The molecule has 0 bridgehead atoms. The number of hydrogen-bond donors (Lipinski definition) is 2. The first kappa shape index (κ1) is 12.2. The molecule has 3 nitrogen and oxygen atoms in total. The molecule has 0 saturated carbocycles. The summed E-state index contributed by atoms with van der Waals surface area (Å²) in [5.41, 5.74) is 3.53. The van der Waals surface area contributed by atoms with Gasteiger partial charge in [0.15, 0.2) is 0 Å². The van der Waals surface area contributed by atoms with E-state index < -0.39 is 0 Å². The van der Waals surface area contributed by atoms with Gasteiger partial charge in [-0.15, -0.1) is 0 Å². The van der Waals surface area contributed by atoms with Crippen molar-refractivity contribution in [3.63, 3.8) is 0 Å². The SMILES string of the molecule is O=C1C=C(C=Cc2ccccc2)Nc2ccccc2N1. The highest BCUT2D eigenvalue weighted by atomic mass is 16.1. The summed E-state index contributed by atoms with van der Waals surface area (Å²) in [6, 6.07) is 17.6. The molecule has 0 aromatic heterocycles. The minimum Gasteiger partial charge on any atom is -0.354 e. The first-order valence-corrected chi connectivity index (χ1v) is 6.43. The number of para-hydroxylation sites is 2. The number of amides is 1. The van der Waals surface area contributed by atoms with Gasteiger partial charge < -0.3 is 10.6 Å². The maximum atomic E-state index is 11.8. The van der Waals surface area contributed by atoms with Gasteiger partial charge in [-0.2, -0.15) is 0 Å². The quantitative estimate of drug-likeness (QED) is 0.867. The maximum absolute atomic E-state index is 11.8. The third kappa shape index (κ3) is 2.78. The fourth-order valence-electron chi connectivity index (χ4n) is 2.04. The largest absolute Gasteiger partial charge is 0.354 e. The fraction of sp³-hybridized carbons (Fsp3) is 0. The van der Waals surface area contributed by atoms with Crippen molar-refractivity contribution in [2.45, 2.75) is 0 Å². The fourth-order valence-corrected chi connectivity index (χ4v) is 2.04. The molecular weight excluding hydrogens is 248 g/mol. The van der Waals surface area contributed by atoms with E-state index in [1.54, 1.807) is 6.08 Å². The van der Waals surface area contributed by atoms with Crippen LogP contribution in [0.25, 0.3) is 6.08 Å². The summed E-state index contributed by atoms with van der Waals surface area (Å²) in [5, 5.41) is 6.09. The Balaban J connectivity index is 1.87. The van der Waals surface area contributed by atoms with E-state index in [0.717, 1.165) is 22.6 Å². The Bertz CT molecular complexity index is 687. The van der Waals surface area contributed by atoms with Gasteiger partial charge in [-0.25, -0.2) is 0 Å². The second kappa shape index (κ2) is 5.45. The van der Waals surface area contributed by atoms with Crippen molar-refractivity contribution in [3.8, 4) is 0 Å². The summed E-state index contributed by atoms with van der Waals surface area (Å²) < 4.78 is 0. The third-order valence-corrected chi connectivity index (χ3v) is 3.01. The van der Waals surface area contributed by atoms with E-state index in [-0.39, 0.29) is 5.91 Å². The van der Waals surface area contributed by atoms with Gasteiger partial charge in [-0.05, 0) is 23.8 Å². The van der Waals surface area contributed by atoms with Gasteiger partial charge in [0, 0.05) is 11.8 Å². The lowest BCUT2D eigenvalue weighted by atomic mass is 10.2. The van der Waals surface area contributed by atoms with Crippen LogP contribution in [0, 0.1) is 0 Å². The number of benzene rings is 2. The van der Waals surface area contributed by atoms with Crippen LogP contribution in [-0.2, 0) is 4.79 Å². The van der Waals surface area contributed by atoms with E-state index in [4.69, 9.17) is 0 Å². The van der Waals surface area contributed by atoms with Crippen LogP contribution in [0.1, 0.15) is 5.56 Å². The predicted molar refractivity (Wildman–Crippen MR) is 82.3 cm³/mol. The van der Waals surface area contributed by atoms with E-state index in [1.165, 1.54) is 0 Å². The Hall–Kier alpha value is -2.81. The molecule has 1 amide bonds. The van der Waals surface area contributed by atoms with Crippen molar-refractivity contribution in [2.24, 2.45) is 0 Å². The Morgan fingerprint density at radius 2 is 1.40 bits per heavy atom. The van der Waals surface area contributed by atoms with Gasteiger partial charge in [0.1, 0.15) is 0 Å². The highest BCUT2D eigenvalue weighted by molar-refractivity contribution is 6.04. The average Bonchev–Trinajstić information content (AvgIpc) is 2.63. The zero-order valence-corrected chi connectivity index (χ0v) is 10.8. The van der Waals surface area contributed by atoms with Gasteiger partial charge in [-0.3, -0.25) is 4.79 Å². The van der Waals surface area contributed by atoms with Crippen molar-refractivity contribution >= 4 is 23.4 Å². The average molecular weight is 262 g/mol. The number of nitrogens with one attached hydrogen (secondary N) is 2. The molecule has 0 aliphatic carbocycles. The minimum absolute atomic E-state index is 0.129. The molecule has 0 saturated heterocycles. The number of anilines is 2. The molecule has 2 N–H and O–H groups in total. The number of hydrogen-bond acceptors (Lipinski definition) is 2. The van der Waals surface area contributed by atoms with Gasteiger partial charge in [0.25, 0.3) is 5.91 Å². The van der Waals surface area contributed by atoms with Crippen molar-refractivity contribution in [3.05, 3.63) is 78.0 Å². The van der Waals surface area contributed by atoms with E-state index in [0.29, 0.717) is 0 Å². The van der Waals surface area contributed by atoms with E-state index >= 15 is 0 Å². The molecule has 0 spiro atoms. The summed E-state index contributed by atoms with van der Waals surface area (Å²) in [7, 11) is 0. The van der Waals surface area contributed by atoms with Gasteiger partial charge in [0.2, 0.25) is 0 Å². The zero-order chi connectivity index (χ0) is 13.8. The number of allylic oxidation sites excluding steroid dienone is 1. The lowest BCUT2D eigenvalue weighted by molar-refractivity contribution is -0.111. The molecule has 0 unspecified atom stereocenters. The molecule has 3 heteroatoms. The molecule has 0 radical (unpaired) electrons. The van der Waals surface area contributed by atoms with Crippen molar-refractivity contribution in [1.29, 1.82) is 0 Å². The van der Waals surface area contributed by atoms with Crippen LogP contribution in [0.4, 0.5) is 11.4 Å². The molecule has 1 aliphatic rings. The maximum Gasteiger partial charge on any atom is 0.250 e. The molecule has 98 valence electrons. The van der Waals surface area contributed by atoms with Crippen LogP contribution >= 0.6 is 0 Å². The van der Waals surface area contributed by atoms with Crippen LogP contribution in [0.3, 0.4) is 0 Å². The zero-order valence-electron chi connectivity index (χ0n) is 10.8. The van der Waals surface area contributed by atoms with Crippen LogP contribution in [0.2, 0.25) is 0 Å². The highest BCUT2D eigenvalue weighted by Crippen LogP contribution is 2.25. The Kier molecular flexibility index (Phi) is 3.33. The summed E-state index contributed by atoms with van der Waals surface area (Å²) in [6.45, 7) is 0. The van der Waals surface area contributed by atoms with Crippen LogP contribution in [0.15, 0.2) is 72.4 Å². The molecule has 2 aromatic rings. The normalized spacial score (nSPS) is 14.0. The highest BCUT2D eigenvalue weighted by Gasteiger charge is 2.10. The molecule has 20 heavy (non-hydrogen) atoms. The molecule has 1 aliphatic heterocycles.